The molecule has 0 saturated carbocycles. The smallest absolute Gasteiger partial charge is 0.353 e. The average Bonchev–Trinajstić information content (AvgIpc) is 2.12. The van der Waals surface area contributed by atoms with Crippen LogP contribution in [0.25, 0.3) is 0 Å². The molecule has 6 heteroatoms. The molecule has 0 aromatic rings. The van der Waals surface area contributed by atoms with Crippen LogP contribution in [0, 0.1) is 0 Å². The highest BCUT2D eigenvalue weighted by molar-refractivity contribution is 6.32. The zero-order valence-electron chi connectivity index (χ0n) is 7.46. The van der Waals surface area contributed by atoms with Crippen molar-refractivity contribution in [1.82, 2.24) is 4.90 Å². The average molecular weight is 238 g/mol. The largest absolute Gasteiger partial charge is 0.477 e. The van der Waals surface area contributed by atoms with E-state index in [9.17, 15) is 9.59 Å². The van der Waals surface area contributed by atoms with Gasteiger partial charge in [-0.2, -0.15) is 0 Å². The lowest BCUT2D eigenvalue weighted by Crippen LogP contribution is -2.50. The number of halogens is 2. The molecule has 1 N–H and O–H groups in total. The van der Waals surface area contributed by atoms with E-state index in [1.54, 1.807) is 6.92 Å². The summed E-state index contributed by atoms with van der Waals surface area (Å²) in [5.41, 5.74) is -0.792. The Morgan fingerprint density at radius 1 is 1.71 bits per heavy atom. The Hall–Kier alpha value is -0.740. The minimum Gasteiger partial charge on any atom is -0.477 e. The molecule has 1 atom stereocenters. The Bertz CT molecular complexity index is 314. The number of amides is 1. The molecule has 4 nitrogen and oxygen atoms in total. The van der Waals surface area contributed by atoms with E-state index in [1.165, 1.54) is 0 Å². The van der Waals surface area contributed by atoms with Gasteiger partial charge in [-0.15, -0.1) is 0 Å². The Balaban J connectivity index is 3.00. The molecule has 0 aromatic carbocycles. The van der Waals surface area contributed by atoms with Crippen LogP contribution in [0.1, 0.15) is 19.8 Å². The van der Waals surface area contributed by atoms with E-state index >= 15 is 0 Å². The molecule has 1 fully saturated rings. The zero-order valence-corrected chi connectivity index (χ0v) is 8.97. The molecule has 1 amide bonds. The van der Waals surface area contributed by atoms with Crippen LogP contribution in [0.15, 0.2) is 10.7 Å². The van der Waals surface area contributed by atoms with Gasteiger partial charge in [-0.1, -0.05) is 30.1 Å². The number of aliphatic carboxylic acids is 1. The maximum Gasteiger partial charge on any atom is 0.353 e. The van der Waals surface area contributed by atoms with Gasteiger partial charge in [0.15, 0.2) is 0 Å². The highest BCUT2D eigenvalue weighted by Crippen LogP contribution is 2.31. The number of carbonyl (C=O) groups is 2. The van der Waals surface area contributed by atoms with Crippen LogP contribution >= 0.6 is 23.2 Å². The predicted octanol–water partition coefficient (Wildman–Crippen LogP) is 1.73. The Kier molecular flexibility index (Phi) is 3.39. The molecule has 1 unspecified atom stereocenters. The molecular formula is C8H9Cl2NO3. The second-order valence-corrected chi connectivity index (χ2v) is 3.77. The molecule has 78 valence electrons. The first-order chi connectivity index (χ1) is 6.49. The van der Waals surface area contributed by atoms with E-state index in [0.717, 1.165) is 4.90 Å². The molecule has 1 heterocycles. The number of alkyl halides is 1. The third kappa shape index (κ3) is 1.86. The lowest BCUT2D eigenvalue weighted by atomic mass is 10.1. The van der Waals surface area contributed by atoms with Crippen molar-refractivity contribution in [3.05, 3.63) is 10.7 Å². The number of hydrogen-bond acceptors (Lipinski definition) is 2. The number of carboxylic acid groups (broad SMARTS) is 1. The first-order valence-corrected chi connectivity index (χ1v) is 4.88. The molecular weight excluding hydrogens is 229 g/mol. The normalized spacial score (nSPS) is 22.9. The molecule has 0 aromatic heterocycles. The number of allylic oxidation sites excluding steroid dienone is 1. The van der Waals surface area contributed by atoms with Gasteiger partial charge in [0, 0.05) is 5.03 Å². The van der Waals surface area contributed by atoms with Crippen molar-refractivity contribution in [2.24, 2.45) is 0 Å². The zero-order chi connectivity index (χ0) is 10.9. The van der Waals surface area contributed by atoms with Gasteiger partial charge in [-0.3, -0.25) is 9.69 Å². The second kappa shape index (κ2) is 4.19. The summed E-state index contributed by atoms with van der Waals surface area (Å²) >= 11 is 11.4. The lowest BCUT2D eigenvalue weighted by molar-refractivity contribution is -0.146. The van der Waals surface area contributed by atoms with E-state index < -0.39 is 11.5 Å². The third-order valence-electron chi connectivity index (χ3n) is 1.90. The molecule has 1 rings (SSSR count). The molecule has 0 bridgehead atoms. The standard InChI is InChI=1S/C8H9Cl2NO3/c1-2-4(9)7(8(13)14)11-5(10)3-6(11)12/h5H,2-3H2,1H3,(H,13,14). The Morgan fingerprint density at radius 3 is 2.57 bits per heavy atom. The SMILES string of the molecule is CCC(Cl)=C(C(=O)O)N1C(=O)CC1Cl. The van der Waals surface area contributed by atoms with Crippen molar-refractivity contribution < 1.29 is 14.7 Å². The molecule has 0 radical (unpaired) electrons. The third-order valence-corrected chi connectivity index (χ3v) is 2.70. The van der Waals surface area contributed by atoms with Gasteiger partial charge in [0.05, 0.1) is 6.42 Å². The fourth-order valence-corrected chi connectivity index (χ4v) is 1.67. The molecule has 1 aliphatic rings. The quantitative estimate of drug-likeness (QED) is 0.352. The number of likely N-dealkylation sites (tertiary alicyclic amines) is 1. The highest BCUT2D eigenvalue weighted by atomic mass is 35.5. The highest BCUT2D eigenvalue weighted by Gasteiger charge is 2.40. The summed E-state index contributed by atoms with van der Waals surface area (Å²) in [6, 6.07) is 0. The summed E-state index contributed by atoms with van der Waals surface area (Å²) < 4.78 is 0. The minimum atomic E-state index is -1.23. The van der Waals surface area contributed by atoms with Crippen LogP contribution in [0.2, 0.25) is 0 Å². The summed E-state index contributed by atoms with van der Waals surface area (Å²) in [4.78, 5) is 22.9. The van der Waals surface area contributed by atoms with E-state index in [-0.39, 0.29) is 23.1 Å². The van der Waals surface area contributed by atoms with Gasteiger partial charge in [-0.25, -0.2) is 4.79 Å². The molecule has 14 heavy (non-hydrogen) atoms. The summed E-state index contributed by atoms with van der Waals surface area (Å²) in [7, 11) is 0. The van der Waals surface area contributed by atoms with Crippen molar-refractivity contribution in [3.63, 3.8) is 0 Å². The van der Waals surface area contributed by atoms with E-state index in [1.807, 2.05) is 0 Å². The molecule has 0 spiro atoms. The second-order valence-electron chi connectivity index (χ2n) is 2.81. The van der Waals surface area contributed by atoms with Gasteiger partial charge in [-0.05, 0) is 6.42 Å². The van der Waals surface area contributed by atoms with Crippen LogP contribution in [-0.4, -0.2) is 27.4 Å². The summed E-state index contributed by atoms with van der Waals surface area (Å²) in [5, 5.41) is 8.99. The molecule has 0 aliphatic carbocycles. The van der Waals surface area contributed by atoms with Crippen molar-refractivity contribution in [3.8, 4) is 0 Å². The summed E-state index contributed by atoms with van der Waals surface area (Å²) in [5.74, 6) is -1.54. The first-order valence-electron chi connectivity index (χ1n) is 4.07. The van der Waals surface area contributed by atoms with Crippen LogP contribution in [0.3, 0.4) is 0 Å². The topological polar surface area (TPSA) is 57.6 Å². The fraction of sp³-hybridized carbons (Fsp3) is 0.500. The maximum absolute atomic E-state index is 11.1. The van der Waals surface area contributed by atoms with E-state index in [4.69, 9.17) is 28.3 Å². The summed E-state index contributed by atoms with van der Waals surface area (Å²) in [6.07, 6.45) is 0.517. The summed E-state index contributed by atoms with van der Waals surface area (Å²) in [6.45, 7) is 1.71. The maximum atomic E-state index is 11.1. The van der Waals surface area contributed by atoms with Gasteiger partial charge in [0.25, 0.3) is 0 Å². The van der Waals surface area contributed by atoms with Crippen LogP contribution < -0.4 is 0 Å². The Morgan fingerprint density at radius 2 is 2.29 bits per heavy atom. The lowest BCUT2D eigenvalue weighted by Gasteiger charge is -2.36. The monoisotopic (exact) mass is 237 g/mol. The van der Waals surface area contributed by atoms with Crippen molar-refractivity contribution in [2.45, 2.75) is 25.3 Å². The number of carbonyl (C=O) groups excluding carboxylic acids is 1. The number of hydrogen-bond donors (Lipinski definition) is 1. The van der Waals surface area contributed by atoms with Crippen molar-refractivity contribution in [2.75, 3.05) is 0 Å². The number of rotatable bonds is 3. The number of nitrogens with zero attached hydrogens (tertiary/aromatic N) is 1. The predicted molar refractivity (Wildman–Crippen MR) is 51.9 cm³/mol. The van der Waals surface area contributed by atoms with Gasteiger partial charge >= 0.3 is 5.97 Å². The fourth-order valence-electron chi connectivity index (χ4n) is 1.16. The minimum absolute atomic E-state index is 0.135. The van der Waals surface area contributed by atoms with Crippen molar-refractivity contribution >= 4 is 35.1 Å². The van der Waals surface area contributed by atoms with Gasteiger partial charge in [0.2, 0.25) is 5.91 Å². The first kappa shape index (κ1) is 11.3. The van der Waals surface area contributed by atoms with Crippen LogP contribution in [0.4, 0.5) is 0 Å². The van der Waals surface area contributed by atoms with Crippen molar-refractivity contribution in [1.29, 1.82) is 0 Å². The number of carboxylic acids is 1. The van der Waals surface area contributed by atoms with E-state index in [0.29, 0.717) is 6.42 Å². The van der Waals surface area contributed by atoms with Gasteiger partial charge in [0.1, 0.15) is 11.2 Å². The molecule has 1 saturated heterocycles. The number of β-lactam (4-membered cyclic amide) rings is 1. The molecule has 1 aliphatic heterocycles. The van der Waals surface area contributed by atoms with Crippen LogP contribution in [0.5, 0.6) is 0 Å². The van der Waals surface area contributed by atoms with E-state index in [2.05, 4.69) is 0 Å². The van der Waals surface area contributed by atoms with Gasteiger partial charge < -0.3 is 5.11 Å². The Labute approximate surface area is 91.1 Å². The van der Waals surface area contributed by atoms with Crippen LogP contribution in [-0.2, 0) is 9.59 Å².